The molecule has 0 aromatic heterocycles. The van der Waals surface area contributed by atoms with Gasteiger partial charge in [-0.25, -0.2) is 4.99 Å². The lowest BCUT2D eigenvalue weighted by molar-refractivity contribution is -0.0652. The molecule has 1 aromatic carbocycles. The predicted octanol–water partition coefficient (Wildman–Crippen LogP) is 2.57. The fraction of sp³-hybridized carbons (Fsp3) is 0.308. The van der Waals surface area contributed by atoms with Crippen LogP contribution in [0.4, 0.5) is 13.2 Å². The number of rotatable bonds is 2. The van der Waals surface area contributed by atoms with E-state index in [9.17, 15) is 18.3 Å². The second kappa shape index (κ2) is 4.82. The second-order valence-corrected chi connectivity index (χ2v) is 4.47. The van der Waals surface area contributed by atoms with Gasteiger partial charge in [0.2, 0.25) is 11.6 Å². The van der Waals surface area contributed by atoms with Crippen LogP contribution >= 0.6 is 0 Å². The van der Waals surface area contributed by atoms with Gasteiger partial charge in [0.05, 0.1) is 5.70 Å². The van der Waals surface area contributed by atoms with Gasteiger partial charge in [-0.05, 0) is 26.0 Å². The van der Waals surface area contributed by atoms with E-state index in [1.165, 1.54) is 6.92 Å². The Kier molecular flexibility index (Phi) is 3.47. The summed E-state index contributed by atoms with van der Waals surface area (Å²) in [7, 11) is 0. The van der Waals surface area contributed by atoms with Gasteiger partial charge < -0.3 is 15.2 Å². The minimum atomic E-state index is -4.66. The first-order valence-corrected chi connectivity index (χ1v) is 5.81. The van der Waals surface area contributed by atoms with Crippen molar-refractivity contribution in [2.75, 3.05) is 0 Å². The van der Waals surface area contributed by atoms with Gasteiger partial charge in [0.15, 0.2) is 5.76 Å². The molecule has 2 rings (SSSR count). The van der Waals surface area contributed by atoms with E-state index in [2.05, 4.69) is 10.3 Å². The number of nitrogens with one attached hydrogen (secondary N) is 1. The summed E-state index contributed by atoms with van der Waals surface area (Å²) in [5.41, 5.74) is -2.03. The first kappa shape index (κ1) is 14.4. The number of allylic oxidation sites excluding steroid dienone is 1. The molecule has 1 aromatic rings. The first-order chi connectivity index (χ1) is 9.20. The third kappa shape index (κ3) is 2.93. The van der Waals surface area contributed by atoms with Gasteiger partial charge in [0.25, 0.3) is 0 Å². The Morgan fingerprint density at radius 2 is 1.85 bits per heavy atom. The number of ether oxygens (including phenoxy) is 1. The molecule has 4 nitrogen and oxygen atoms in total. The summed E-state index contributed by atoms with van der Waals surface area (Å²) in [6, 6.07) is 8.44. The standard InChI is InChI=1S/C13H13F3N2O2/c1-8-10(20-9-6-4-3-5-7-9)12(2,19)18-11(17-8)13(14,15)16/h3-7,19H,1-2H3,(H,17,18)/t12-/m1/s1. The van der Waals surface area contributed by atoms with Crippen LogP contribution in [0.1, 0.15) is 13.8 Å². The minimum absolute atomic E-state index is 0.0566. The number of para-hydroxylation sites is 1. The zero-order valence-corrected chi connectivity index (χ0v) is 10.8. The Balaban J connectivity index is 2.31. The van der Waals surface area contributed by atoms with Crippen molar-refractivity contribution >= 4 is 5.84 Å². The molecule has 0 unspecified atom stereocenters. The summed E-state index contributed by atoms with van der Waals surface area (Å²) in [5, 5.41) is 12.2. The van der Waals surface area contributed by atoms with E-state index in [1.54, 1.807) is 30.3 Å². The van der Waals surface area contributed by atoms with Gasteiger partial charge in [0.1, 0.15) is 5.75 Å². The van der Waals surface area contributed by atoms with Gasteiger partial charge in [-0.1, -0.05) is 18.2 Å². The Hall–Kier alpha value is -2.02. The fourth-order valence-electron chi connectivity index (χ4n) is 1.80. The normalized spacial score (nSPS) is 23.2. The molecule has 20 heavy (non-hydrogen) atoms. The van der Waals surface area contributed by atoms with Crippen LogP contribution in [0.3, 0.4) is 0 Å². The number of amidine groups is 1. The van der Waals surface area contributed by atoms with Gasteiger partial charge in [-0.3, -0.25) is 0 Å². The maximum atomic E-state index is 12.6. The molecule has 108 valence electrons. The van der Waals surface area contributed by atoms with Gasteiger partial charge in [-0.15, -0.1) is 0 Å². The summed E-state index contributed by atoms with van der Waals surface area (Å²) >= 11 is 0. The first-order valence-electron chi connectivity index (χ1n) is 5.81. The van der Waals surface area contributed by atoms with Gasteiger partial charge in [-0.2, -0.15) is 13.2 Å². The molecule has 7 heteroatoms. The highest BCUT2D eigenvalue weighted by Crippen LogP contribution is 2.30. The van der Waals surface area contributed by atoms with Crippen LogP contribution < -0.4 is 10.1 Å². The van der Waals surface area contributed by atoms with Gasteiger partial charge in [0, 0.05) is 0 Å². The van der Waals surface area contributed by atoms with E-state index < -0.39 is 17.7 Å². The minimum Gasteiger partial charge on any atom is -0.455 e. The topological polar surface area (TPSA) is 53.9 Å². The highest BCUT2D eigenvalue weighted by Gasteiger charge is 2.44. The molecule has 0 saturated carbocycles. The molecule has 1 aliphatic rings. The number of halogens is 3. The van der Waals surface area contributed by atoms with Crippen LogP contribution in [0.25, 0.3) is 0 Å². The lowest BCUT2D eigenvalue weighted by Crippen LogP contribution is -2.46. The van der Waals surface area contributed by atoms with Crippen molar-refractivity contribution in [1.29, 1.82) is 0 Å². The van der Waals surface area contributed by atoms with E-state index >= 15 is 0 Å². The monoisotopic (exact) mass is 286 g/mol. The zero-order chi connectivity index (χ0) is 15.0. The number of aliphatic hydroxyl groups is 1. The number of aliphatic imine (C=N–C) groups is 1. The summed E-state index contributed by atoms with van der Waals surface area (Å²) in [6.45, 7) is 2.52. The smallest absolute Gasteiger partial charge is 0.449 e. The Morgan fingerprint density at radius 1 is 1.25 bits per heavy atom. The fourth-order valence-corrected chi connectivity index (χ4v) is 1.80. The van der Waals surface area contributed by atoms with Crippen LogP contribution in [0.15, 0.2) is 46.8 Å². The summed E-state index contributed by atoms with van der Waals surface area (Å²) in [6.07, 6.45) is -4.66. The Morgan fingerprint density at radius 3 is 2.35 bits per heavy atom. The number of hydrogen-bond acceptors (Lipinski definition) is 4. The third-order valence-electron chi connectivity index (χ3n) is 2.64. The van der Waals surface area contributed by atoms with Crippen LogP contribution in [0.5, 0.6) is 5.75 Å². The average molecular weight is 286 g/mol. The van der Waals surface area contributed by atoms with Crippen molar-refractivity contribution in [2.24, 2.45) is 4.99 Å². The van der Waals surface area contributed by atoms with Crippen LogP contribution in [-0.2, 0) is 0 Å². The van der Waals surface area contributed by atoms with Crippen molar-refractivity contribution in [1.82, 2.24) is 5.32 Å². The van der Waals surface area contributed by atoms with E-state index in [4.69, 9.17) is 4.74 Å². The second-order valence-electron chi connectivity index (χ2n) is 4.47. The molecule has 1 aliphatic heterocycles. The molecular weight excluding hydrogens is 273 g/mol. The summed E-state index contributed by atoms with van der Waals surface area (Å²) in [5.74, 6) is -0.924. The summed E-state index contributed by atoms with van der Waals surface area (Å²) < 4.78 is 43.4. The van der Waals surface area contributed by atoms with E-state index in [0.29, 0.717) is 5.75 Å². The highest BCUT2D eigenvalue weighted by molar-refractivity contribution is 5.90. The number of benzene rings is 1. The number of hydrogen-bond donors (Lipinski definition) is 2. The zero-order valence-electron chi connectivity index (χ0n) is 10.8. The molecule has 1 heterocycles. The largest absolute Gasteiger partial charge is 0.455 e. The van der Waals surface area contributed by atoms with Gasteiger partial charge >= 0.3 is 6.18 Å². The molecule has 0 bridgehead atoms. The quantitative estimate of drug-likeness (QED) is 0.878. The maximum Gasteiger partial charge on any atom is 0.449 e. The third-order valence-corrected chi connectivity index (χ3v) is 2.64. The van der Waals surface area contributed by atoms with Crippen molar-refractivity contribution in [3.8, 4) is 5.75 Å². The molecule has 2 N–H and O–H groups in total. The molecule has 0 spiro atoms. The maximum absolute atomic E-state index is 12.6. The molecule has 0 radical (unpaired) electrons. The Labute approximate surface area is 113 Å². The van der Waals surface area contributed by atoms with Crippen LogP contribution in [0, 0.1) is 0 Å². The molecule has 0 fully saturated rings. The number of alkyl halides is 3. The Bertz CT molecular complexity index is 563. The van der Waals surface area contributed by atoms with E-state index in [1.807, 2.05) is 0 Å². The van der Waals surface area contributed by atoms with Crippen molar-refractivity contribution in [2.45, 2.75) is 25.7 Å². The predicted molar refractivity (Wildman–Crippen MR) is 67.0 cm³/mol. The molecule has 0 amide bonds. The van der Waals surface area contributed by atoms with Crippen molar-refractivity contribution < 1.29 is 23.0 Å². The molecule has 1 atom stereocenters. The van der Waals surface area contributed by atoms with Crippen LogP contribution in [0.2, 0.25) is 0 Å². The molecule has 0 aliphatic carbocycles. The lowest BCUT2D eigenvalue weighted by Gasteiger charge is -2.30. The summed E-state index contributed by atoms with van der Waals surface area (Å²) in [4.78, 5) is 3.27. The van der Waals surface area contributed by atoms with Crippen LogP contribution in [-0.4, -0.2) is 22.8 Å². The molecular formula is C13H13F3N2O2. The van der Waals surface area contributed by atoms with Crippen molar-refractivity contribution in [3.05, 3.63) is 41.8 Å². The van der Waals surface area contributed by atoms with E-state index in [-0.39, 0.29) is 11.5 Å². The number of nitrogens with zero attached hydrogens (tertiary/aromatic N) is 1. The lowest BCUT2D eigenvalue weighted by atomic mass is 10.1. The average Bonchev–Trinajstić information content (AvgIpc) is 2.33. The highest BCUT2D eigenvalue weighted by atomic mass is 19.4. The van der Waals surface area contributed by atoms with Crippen molar-refractivity contribution in [3.63, 3.8) is 0 Å². The SMILES string of the molecule is CC1=C(Oc2ccccc2)[C@@](C)(O)N=C(C(F)(F)F)N1. The van der Waals surface area contributed by atoms with E-state index in [0.717, 1.165) is 6.92 Å². The molecule has 0 saturated heterocycles.